The van der Waals surface area contributed by atoms with Crippen LogP contribution in [0.5, 0.6) is 5.88 Å². The fourth-order valence-corrected chi connectivity index (χ4v) is 2.89. The molecule has 2 rings (SSSR count). The van der Waals surface area contributed by atoms with E-state index >= 15 is 0 Å². The normalized spacial score (nSPS) is 23.8. The Morgan fingerprint density at radius 3 is 2.72 bits per heavy atom. The molecule has 1 aliphatic rings. The van der Waals surface area contributed by atoms with Gasteiger partial charge in [0.1, 0.15) is 0 Å². The molecule has 1 saturated carbocycles. The smallest absolute Gasteiger partial charge is 0.228 e. The van der Waals surface area contributed by atoms with Crippen LogP contribution in [-0.4, -0.2) is 35.5 Å². The zero-order valence-corrected chi connectivity index (χ0v) is 11.9. The van der Waals surface area contributed by atoms with E-state index in [1.807, 2.05) is 20.0 Å². The van der Waals surface area contributed by atoms with Crippen LogP contribution < -0.4 is 9.64 Å². The summed E-state index contributed by atoms with van der Waals surface area (Å²) >= 11 is 6.41. The minimum Gasteiger partial charge on any atom is -0.481 e. The van der Waals surface area contributed by atoms with Crippen molar-refractivity contribution in [1.29, 1.82) is 0 Å². The first-order valence-electron chi connectivity index (χ1n) is 6.38. The van der Waals surface area contributed by atoms with Crippen LogP contribution in [0.15, 0.2) is 6.07 Å². The van der Waals surface area contributed by atoms with Crippen LogP contribution in [0.4, 0.5) is 5.95 Å². The summed E-state index contributed by atoms with van der Waals surface area (Å²) in [6, 6.07) is 2.14. The molecule has 0 saturated heterocycles. The molecular formula is C13H20ClN3O. The van der Waals surface area contributed by atoms with Crippen molar-refractivity contribution in [1.82, 2.24) is 9.97 Å². The van der Waals surface area contributed by atoms with E-state index in [1.54, 1.807) is 7.11 Å². The fourth-order valence-electron chi connectivity index (χ4n) is 2.44. The second-order valence-corrected chi connectivity index (χ2v) is 5.39. The van der Waals surface area contributed by atoms with Crippen molar-refractivity contribution in [3.8, 4) is 5.88 Å². The number of aryl methyl sites for hydroxylation is 1. The molecule has 1 heterocycles. The Balaban J connectivity index is 2.21. The minimum atomic E-state index is 0.179. The van der Waals surface area contributed by atoms with Gasteiger partial charge in [-0.05, 0) is 19.8 Å². The van der Waals surface area contributed by atoms with E-state index in [9.17, 15) is 0 Å². The molecule has 0 bridgehead atoms. The molecule has 5 heteroatoms. The fraction of sp³-hybridized carbons (Fsp3) is 0.692. The molecular weight excluding hydrogens is 250 g/mol. The van der Waals surface area contributed by atoms with Crippen LogP contribution in [0.3, 0.4) is 0 Å². The maximum Gasteiger partial charge on any atom is 0.228 e. The Kier molecular flexibility index (Phi) is 4.27. The third-order valence-corrected chi connectivity index (χ3v) is 4.00. The van der Waals surface area contributed by atoms with Crippen molar-refractivity contribution >= 4 is 17.5 Å². The van der Waals surface area contributed by atoms with E-state index in [2.05, 4.69) is 14.9 Å². The monoisotopic (exact) mass is 269 g/mol. The molecule has 1 aliphatic carbocycles. The van der Waals surface area contributed by atoms with Crippen molar-refractivity contribution in [3.05, 3.63) is 11.8 Å². The van der Waals surface area contributed by atoms with Gasteiger partial charge in [-0.15, -0.1) is 11.6 Å². The van der Waals surface area contributed by atoms with Crippen molar-refractivity contribution in [2.24, 2.45) is 0 Å². The molecule has 100 valence electrons. The van der Waals surface area contributed by atoms with Gasteiger partial charge in [0.15, 0.2) is 0 Å². The summed E-state index contributed by atoms with van der Waals surface area (Å²) in [7, 11) is 3.64. The van der Waals surface area contributed by atoms with Crippen LogP contribution in [0, 0.1) is 6.92 Å². The second kappa shape index (κ2) is 5.74. The molecule has 2 atom stereocenters. The maximum absolute atomic E-state index is 6.41. The predicted molar refractivity (Wildman–Crippen MR) is 73.6 cm³/mol. The minimum absolute atomic E-state index is 0.179. The summed E-state index contributed by atoms with van der Waals surface area (Å²) in [6.07, 6.45) is 4.61. The number of hydrogen-bond donors (Lipinski definition) is 0. The van der Waals surface area contributed by atoms with E-state index in [-0.39, 0.29) is 5.38 Å². The molecule has 0 radical (unpaired) electrons. The lowest BCUT2D eigenvalue weighted by Gasteiger charge is -2.35. The third-order valence-electron chi connectivity index (χ3n) is 3.49. The molecule has 0 amide bonds. The molecule has 1 aromatic heterocycles. The number of anilines is 1. The van der Waals surface area contributed by atoms with E-state index in [0.717, 1.165) is 18.5 Å². The zero-order chi connectivity index (χ0) is 13.1. The lowest BCUT2D eigenvalue weighted by molar-refractivity contribution is 0.392. The van der Waals surface area contributed by atoms with Crippen LogP contribution >= 0.6 is 11.6 Å². The van der Waals surface area contributed by atoms with Crippen LogP contribution in [-0.2, 0) is 0 Å². The zero-order valence-electron chi connectivity index (χ0n) is 11.2. The van der Waals surface area contributed by atoms with Gasteiger partial charge in [0, 0.05) is 24.8 Å². The topological polar surface area (TPSA) is 38.2 Å². The maximum atomic E-state index is 6.41. The highest BCUT2D eigenvalue weighted by molar-refractivity contribution is 6.21. The first kappa shape index (κ1) is 13.4. The van der Waals surface area contributed by atoms with Gasteiger partial charge in [0.25, 0.3) is 0 Å². The van der Waals surface area contributed by atoms with Gasteiger partial charge in [-0.3, -0.25) is 0 Å². The average Bonchev–Trinajstić information content (AvgIpc) is 2.37. The van der Waals surface area contributed by atoms with Crippen molar-refractivity contribution in [2.45, 2.75) is 44.0 Å². The first-order valence-corrected chi connectivity index (χ1v) is 6.82. The number of alkyl halides is 1. The van der Waals surface area contributed by atoms with Crippen molar-refractivity contribution < 1.29 is 4.74 Å². The highest BCUT2D eigenvalue weighted by Gasteiger charge is 2.28. The highest BCUT2D eigenvalue weighted by Crippen LogP contribution is 2.29. The Morgan fingerprint density at radius 1 is 1.33 bits per heavy atom. The van der Waals surface area contributed by atoms with Gasteiger partial charge in [-0.1, -0.05) is 12.8 Å². The number of rotatable bonds is 3. The van der Waals surface area contributed by atoms with E-state index < -0.39 is 0 Å². The van der Waals surface area contributed by atoms with Crippen LogP contribution in [0.1, 0.15) is 31.4 Å². The van der Waals surface area contributed by atoms with Gasteiger partial charge in [-0.2, -0.15) is 4.98 Å². The summed E-state index contributed by atoms with van der Waals surface area (Å²) in [5, 5.41) is 0.179. The van der Waals surface area contributed by atoms with Gasteiger partial charge in [0.2, 0.25) is 11.8 Å². The van der Waals surface area contributed by atoms with Crippen molar-refractivity contribution in [2.75, 3.05) is 19.1 Å². The van der Waals surface area contributed by atoms with Gasteiger partial charge in [0.05, 0.1) is 12.5 Å². The number of aromatic nitrogens is 2. The summed E-state index contributed by atoms with van der Waals surface area (Å²) in [4.78, 5) is 11.0. The summed E-state index contributed by atoms with van der Waals surface area (Å²) in [6.45, 7) is 1.95. The molecule has 0 aliphatic heterocycles. The second-order valence-electron chi connectivity index (χ2n) is 4.83. The first-order chi connectivity index (χ1) is 8.61. The SMILES string of the molecule is COc1cc(C)nc(N(C)C2CCCCC2Cl)n1. The molecule has 4 nitrogen and oxygen atoms in total. The molecule has 0 spiro atoms. The number of halogens is 1. The van der Waals surface area contributed by atoms with Crippen LogP contribution in [0.2, 0.25) is 0 Å². The lowest BCUT2D eigenvalue weighted by Crippen LogP contribution is -2.41. The summed E-state index contributed by atoms with van der Waals surface area (Å²) in [5.74, 6) is 1.30. The Labute approximate surface area is 113 Å². The summed E-state index contributed by atoms with van der Waals surface area (Å²) < 4.78 is 5.19. The quantitative estimate of drug-likeness (QED) is 0.791. The summed E-state index contributed by atoms with van der Waals surface area (Å²) in [5.41, 5.74) is 0.908. The van der Waals surface area contributed by atoms with E-state index in [4.69, 9.17) is 16.3 Å². The van der Waals surface area contributed by atoms with Gasteiger partial charge < -0.3 is 9.64 Å². The Bertz CT molecular complexity index is 413. The Hall–Kier alpha value is -1.03. The molecule has 1 aromatic rings. The molecule has 2 unspecified atom stereocenters. The number of methoxy groups -OCH3 is 1. The van der Waals surface area contributed by atoms with Crippen LogP contribution in [0.25, 0.3) is 0 Å². The standard InChI is InChI=1S/C13H20ClN3O/c1-9-8-12(18-3)16-13(15-9)17(2)11-7-5-4-6-10(11)14/h8,10-11H,4-7H2,1-3H3. The molecule has 0 aromatic carbocycles. The number of ether oxygens (including phenoxy) is 1. The third kappa shape index (κ3) is 2.86. The molecule has 1 fully saturated rings. The van der Waals surface area contributed by atoms with E-state index in [1.165, 1.54) is 12.8 Å². The van der Waals surface area contributed by atoms with Gasteiger partial charge >= 0.3 is 0 Å². The predicted octanol–water partition coefficient (Wildman–Crippen LogP) is 2.78. The Morgan fingerprint density at radius 2 is 2.06 bits per heavy atom. The molecule has 18 heavy (non-hydrogen) atoms. The largest absolute Gasteiger partial charge is 0.481 e. The number of nitrogens with zero attached hydrogens (tertiary/aromatic N) is 3. The number of hydrogen-bond acceptors (Lipinski definition) is 4. The van der Waals surface area contributed by atoms with Crippen molar-refractivity contribution in [3.63, 3.8) is 0 Å². The lowest BCUT2D eigenvalue weighted by atomic mass is 9.94. The molecule has 0 N–H and O–H groups in total. The average molecular weight is 270 g/mol. The highest BCUT2D eigenvalue weighted by atomic mass is 35.5. The van der Waals surface area contributed by atoms with Gasteiger partial charge in [-0.25, -0.2) is 4.98 Å². The van der Waals surface area contributed by atoms with E-state index in [0.29, 0.717) is 17.9 Å².